The van der Waals surface area contributed by atoms with Gasteiger partial charge in [-0.15, -0.1) is 0 Å². The largest absolute Gasteiger partial charge is 0.508 e. The molecule has 2 nitrogen and oxygen atoms in total. The van der Waals surface area contributed by atoms with E-state index >= 15 is 0 Å². The lowest BCUT2D eigenvalue weighted by Crippen LogP contribution is -2.28. The number of phenolic OH excluding ortho intramolecular Hbond substituents is 1. The molecule has 0 atom stereocenters. The number of nitrogens with zero attached hydrogens (tertiary/aromatic N) is 1. The van der Waals surface area contributed by atoms with E-state index in [2.05, 4.69) is 27.9 Å². The van der Waals surface area contributed by atoms with E-state index in [4.69, 9.17) is 0 Å². The van der Waals surface area contributed by atoms with E-state index < -0.39 is 0 Å². The van der Waals surface area contributed by atoms with Gasteiger partial charge >= 0.3 is 0 Å². The molecule has 0 bridgehead atoms. The van der Waals surface area contributed by atoms with Crippen LogP contribution in [0.3, 0.4) is 0 Å². The van der Waals surface area contributed by atoms with Crippen molar-refractivity contribution in [2.45, 2.75) is 38.3 Å². The van der Waals surface area contributed by atoms with Gasteiger partial charge < -0.3 is 5.11 Å². The second-order valence-electron chi connectivity index (χ2n) is 4.63. The van der Waals surface area contributed by atoms with Crippen LogP contribution >= 0.6 is 15.9 Å². The SMILES string of the molecule is CN(Cc1cc(O)ccc1Br)C1CCCC1. The topological polar surface area (TPSA) is 23.5 Å². The fourth-order valence-corrected chi connectivity index (χ4v) is 2.80. The molecule has 1 aliphatic carbocycles. The number of phenols is 1. The lowest BCUT2D eigenvalue weighted by Gasteiger charge is -2.24. The van der Waals surface area contributed by atoms with E-state index in [1.807, 2.05) is 12.1 Å². The first-order chi connectivity index (χ1) is 7.66. The molecule has 1 aromatic carbocycles. The number of hydrogen-bond donors (Lipinski definition) is 1. The Kier molecular flexibility index (Phi) is 3.87. The zero-order valence-electron chi connectivity index (χ0n) is 9.62. The molecule has 3 heteroatoms. The number of rotatable bonds is 3. The standard InChI is InChI=1S/C13H18BrNO/c1-15(11-4-2-3-5-11)9-10-8-12(16)6-7-13(10)14/h6-8,11,16H,2-5,9H2,1H3. The van der Waals surface area contributed by atoms with E-state index in [-0.39, 0.29) is 0 Å². The Bertz CT molecular complexity index is 361. The highest BCUT2D eigenvalue weighted by Crippen LogP contribution is 2.27. The van der Waals surface area contributed by atoms with Crippen LogP contribution in [0.4, 0.5) is 0 Å². The van der Waals surface area contributed by atoms with E-state index in [0.717, 1.165) is 16.6 Å². The molecule has 0 unspecified atom stereocenters. The number of hydrogen-bond acceptors (Lipinski definition) is 2. The van der Waals surface area contributed by atoms with E-state index in [9.17, 15) is 5.11 Å². The van der Waals surface area contributed by atoms with Crippen molar-refractivity contribution in [2.75, 3.05) is 7.05 Å². The number of halogens is 1. The lowest BCUT2D eigenvalue weighted by atomic mass is 10.1. The van der Waals surface area contributed by atoms with Gasteiger partial charge in [0.25, 0.3) is 0 Å². The molecular weight excluding hydrogens is 266 g/mol. The molecule has 2 rings (SSSR count). The fourth-order valence-electron chi connectivity index (χ4n) is 2.43. The predicted octanol–water partition coefficient (Wildman–Crippen LogP) is 3.53. The molecule has 1 aromatic rings. The minimum Gasteiger partial charge on any atom is -0.508 e. The average molecular weight is 284 g/mol. The fraction of sp³-hybridized carbons (Fsp3) is 0.538. The van der Waals surface area contributed by atoms with Crippen LogP contribution in [0.1, 0.15) is 31.2 Å². The van der Waals surface area contributed by atoms with Gasteiger partial charge in [-0.3, -0.25) is 4.90 Å². The third kappa shape index (κ3) is 2.77. The Morgan fingerprint density at radius 3 is 2.75 bits per heavy atom. The Balaban J connectivity index is 2.04. The molecule has 0 radical (unpaired) electrons. The molecule has 0 aromatic heterocycles. The summed E-state index contributed by atoms with van der Waals surface area (Å²) in [4.78, 5) is 2.40. The summed E-state index contributed by atoms with van der Waals surface area (Å²) in [6.07, 6.45) is 5.34. The van der Waals surface area contributed by atoms with Gasteiger partial charge in [0.05, 0.1) is 0 Å². The van der Waals surface area contributed by atoms with Crippen molar-refractivity contribution >= 4 is 15.9 Å². The Labute approximate surface area is 105 Å². The number of benzene rings is 1. The first-order valence-corrected chi connectivity index (χ1v) is 6.64. The van der Waals surface area contributed by atoms with Gasteiger partial charge in [-0.05, 0) is 43.7 Å². The summed E-state index contributed by atoms with van der Waals surface area (Å²) in [7, 11) is 2.17. The molecule has 0 heterocycles. The Morgan fingerprint density at radius 2 is 2.06 bits per heavy atom. The van der Waals surface area contributed by atoms with Gasteiger partial charge in [0, 0.05) is 17.1 Å². The molecule has 0 amide bonds. The first-order valence-electron chi connectivity index (χ1n) is 5.84. The molecule has 0 saturated heterocycles. The highest BCUT2D eigenvalue weighted by molar-refractivity contribution is 9.10. The van der Waals surface area contributed by atoms with Crippen LogP contribution in [-0.4, -0.2) is 23.1 Å². The van der Waals surface area contributed by atoms with E-state index in [1.165, 1.54) is 25.7 Å². The highest BCUT2D eigenvalue weighted by Gasteiger charge is 2.19. The normalized spacial score (nSPS) is 17.2. The van der Waals surface area contributed by atoms with Gasteiger partial charge in [-0.1, -0.05) is 28.8 Å². The maximum absolute atomic E-state index is 9.48. The monoisotopic (exact) mass is 283 g/mol. The van der Waals surface area contributed by atoms with E-state index in [0.29, 0.717) is 11.8 Å². The van der Waals surface area contributed by atoms with Crippen LogP contribution in [-0.2, 0) is 6.54 Å². The summed E-state index contributed by atoms with van der Waals surface area (Å²) >= 11 is 3.53. The molecule has 1 fully saturated rings. The number of aromatic hydroxyl groups is 1. The van der Waals surface area contributed by atoms with Crippen LogP contribution in [0.15, 0.2) is 22.7 Å². The van der Waals surface area contributed by atoms with Gasteiger partial charge in [0.15, 0.2) is 0 Å². The predicted molar refractivity (Wildman–Crippen MR) is 69.5 cm³/mol. The second kappa shape index (κ2) is 5.19. The average Bonchev–Trinajstić information content (AvgIpc) is 2.76. The van der Waals surface area contributed by atoms with Gasteiger partial charge in [-0.25, -0.2) is 0 Å². The van der Waals surface area contributed by atoms with Crippen molar-refractivity contribution in [2.24, 2.45) is 0 Å². The molecule has 88 valence electrons. The summed E-state index contributed by atoms with van der Waals surface area (Å²) in [5.74, 6) is 0.345. The summed E-state index contributed by atoms with van der Waals surface area (Å²) in [5, 5.41) is 9.48. The van der Waals surface area contributed by atoms with Gasteiger partial charge in [0.1, 0.15) is 5.75 Å². The van der Waals surface area contributed by atoms with Crippen molar-refractivity contribution in [3.05, 3.63) is 28.2 Å². The molecule has 0 aliphatic heterocycles. The van der Waals surface area contributed by atoms with Crippen molar-refractivity contribution in [1.82, 2.24) is 4.90 Å². The molecule has 16 heavy (non-hydrogen) atoms. The van der Waals surface area contributed by atoms with Crippen LogP contribution in [0.25, 0.3) is 0 Å². The second-order valence-corrected chi connectivity index (χ2v) is 5.48. The first kappa shape index (κ1) is 11.9. The quantitative estimate of drug-likeness (QED) is 0.917. The lowest BCUT2D eigenvalue weighted by molar-refractivity contribution is 0.236. The molecule has 1 aliphatic rings. The van der Waals surface area contributed by atoms with Crippen LogP contribution in [0.5, 0.6) is 5.75 Å². The van der Waals surface area contributed by atoms with E-state index in [1.54, 1.807) is 6.07 Å². The summed E-state index contributed by atoms with van der Waals surface area (Å²) in [5.41, 5.74) is 1.16. The van der Waals surface area contributed by atoms with Crippen LogP contribution < -0.4 is 0 Å². The highest BCUT2D eigenvalue weighted by atomic mass is 79.9. The third-order valence-corrected chi connectivity index (χ3v) is 4.17. The van der Waals surface area contributed by atoms with Crippen molar-refractivity contribution < 1.29 is 5.11 Å². The van der Waals surface area contributed by atoms with Crippen molar-refractivity contribution in [1.29, 1.82) is 0 Å². The summed E-state index contributed by atoms with van der Waals surface area (Å²) in [6, 6.07) is 6.18. The Hall–Kier alpha value is -0.540. The molecule has 0 spiro atoms. The molecule has 1 N–H and O–H groups in total. The third-order valence-electron chi connectivity index (χ3n) is 3.40. The molecular formula is C13H18BrNO. The van der Waals surface area contributed by atoms with Crippen molar-refractivity contribution in [3.63, 3.8) is 0 Å². The minimum absolute atomic E-state index is 0.345. The maximum atomic E-state index is 9.48. The zero-order valence-corrected chi connectivity index (χ0v) is 11.2. The summed E-state index contributed by atoms with van der Waals surface area (Å²) < 4.78 is 1.08. The van der Waals surface area contributed by atoms with Crippen molar-refractivity contribution in [3.8, 4) is 5.75 Å². The van der Waals surface area contributed by atoms with Crippen LogP contribution in [0.2, 0.25) is 0 Å². The maximum Gasteiger partial charge on any atom is 0.115 e. The molecule has 1 saturated carbocycles. The zero-order chi connectivity index (χ0) is 11.5. The Morgan fingerprint density at radius 1 is 1.38 bits per heavy atom. The van der Waals surface area contributed by atoms with Crippen LogP contribution in [0, 0.1) is 0 Å². The van der Waals surface area contributed by atoms with Gasteiger partial charge in [0.2, 0.25) is 0 Å². The van der Waals surface area contributed by atoms with Gasteiger partial charge in [-0.2, -0.15) is 0 Å². The summed E-state index contributed by atoms with van der Waals surface area (Å²) in [6.45, 7) is 0.902. The smallest absolute Gasteiger partial charge is 0.115 e. The minimum atomic E-state index is 0.345.